The summed E-state index contributed by atoms with van der Waals surface area (Å²) in [6.07, 6.45) is 9.26. The van der Waals surface area contributed by atoms with Gasteiger partial charge in [-0.2, -0.15) is 0 Å². The summed E-state index contributed by atoms with van der Waals surface area (Å²) in [6.45, 7) is 2.16. The number of likely N-dealkylation sites (N-methyl/N-ethyl adjacent to an activating group) is 1. The molecule has 28 heavy (non-hydrogen) atoms. The quantitative estimate of drug-likeness (QED) is 0.850. The van der Waals surface area contributed by atoms with Gasteiger partial charge in [-0.25, -0.2) is 0 Å². The number of hydrogen-bond donors (Lipinski definition) is 2. The van der Waals surface area contributed by atoms with E-state index in [0.717, 1.165) is 28.0 Å². The number of aromatic nitrogens is 2. The lowest BCUT2D eigenvalue weighted by Crippen LogP contribution is -2.30. The molecule has 0 saturated heterocycles. The monoisotopic (exact) mass is 378 g/mol. The van der Waals surface area contributed by atoms with Crippen LogP contribution in [0.3, 0.4) is 0 Å². The Morgan fingerprint density at radius 3 is 2.93 bits per heavy atom. The molecule has 0 radical (unpaired) electrons. The number of benzene rings is 1. The van der Waals surface area contributed by atoms with E-state index in [9.17, 15) is 9.90 Å². The van der Waals surface area contributed by atoms with Crippen molar-refractivity contribution in [2.24, 2.45) is 0 Å². The lowest BCUT2D eigenvalue weighted by Gasteiger charge is -2.28. The molecule has 1 amide bonds. The maximum Gasteiger partial charge on any atom is 0.224 e. The van der Waals surface area contributed by atoms with Crippen molar-refractivity contribution in [3.63, 3.8) is 0 Å². The number of ether oxygens (including phenoxy) is 1. The van der Waals surface area contributed by atoms with Crippen molar-refractivity contribution < 1.29 is 14.6 Å². The van der Waals surface area contributed by atoms with Gasteiger partial charge >= 0.3 is 0 Å². The van der Waals surface area contributed by atoms with Crippen LogP contribution >= 0.6 is 0 Å². The van der Waals surface area contributed by atoms with E-state index in [-0.39, 0.29) is 12.5 Å². The number of carbonyl (C=O) groups is 1. The summed E-state index contributed by atoms with van der Waals surface area (Å²) in [4.78, 5) is 22.0. The van der Waals surface area contributed by atoms with E-state index in [2.05, 4.69) is 21.4 Å². The first-order chi connectivity index (χ1) is 13.5. The molecule has 3 heterocycles. The van der Waals surface area contributed by atoms with Crippen LogP contribution in [0.2, 0.25) is 0 Å². The highest BCUT2D eigenvalue weighted by molar-refractivity contribution is 5.96. The first-order valence-electron chi connectivity index (χ1n) is 9.16. The molecule has 2 aliphatic rings. The Bertz CT molecular complexity index is 969. The van der Waals surface area contributed by atoms with Crippen molar-refractivity contribution in [3.05, 3.63) is 65.4 Å². The molecule has 0 fully saturated rings. The molecule has 7 heteroatoms. The zero-order valence-electron chi connectivity index (χ0n) is 15.8. The van der Waals surface area contributed by atoms with Crippen LogP contribution in [0.15, 0.2) is 48.6 Å². The minimum Gasteiger partial charge on any atom is -0.485 e. The number of fused-ring (bicyclic) bond motifs is 1. The number of hydrogen-bond acceptors (Lipinski definition) is 6. The number of aryl methyl sites for hydroxylation is 1. The number of carbonyl (C=O) groups excluding carboxylic acids is 1. The van der Waals surface area contributed by atoms with Crippen LogP contribution in [0.25, 0.3) is 5.57 Å². The van der Waals surface area contributed by atoms with Crippen LogP contribution < -0.4 is 10.1 Å². The summed E-state index contributed by atoms with van der Waals surface area (Å²) in [5.41, 5.74) is 5.28. The topological polar surface area (TPSA) is 87.6 Å². The van der Waals surface area contributed by atoms with Gasteiger partial charge in [0.15, 0.2) is 0 Å². The standard InChI is InChI=1S/C21H22N4O3/c1-13-7-16(11-25(2)21(13)27)15-8-14-3-4-19(26)24-20(14)18(9-15)28-12-17-10-22-5-6-23-17/h5-11,21,27H,3-4,12H2,1-2H3,(H,24,26). The minimum atomic E-state index is -0.618. The zero-order valence-corrected chi connectivity index (χ0v) is 15.8. The van der Waals surface area contributed by atoms with Gasteiger partial charge in [-0.15, -0.1) is 0 Å². The van der Waals surface area contributed by atoms with E-state index < -0.39 is 6.23 Å². The van der Waals surface area contributed by atoms with E-state index in [1.165, 1.54) is 0 Å². The number of nitrogens with zero attached hydrogens (tertiary/aromatic N) is 3. The molecule has 2 aliphatic heterocycles. The van der Waals surface area contributed by atoms with E-state index >= 15 is 0 Å². The first-order valence-corrected chi connectivity index (χ1v) is 9.16. The molecule has 0 spiro atoms. The Balaban J connectivity index is 1.71. The number of nitrogens with one attached hydrogen (secondary N) is 1. The van der Waals surface area contributed by atoms with Gasteiger partial charge in [0.05, 0.1) is 17.6 Å². The molecular weight excluding hydrogens is 356 g/mol. The number of amides is 1. The second kappa shape index (κ2) is 7.44. The van der Waals surface area contributed by atoms with Crippen molar-refractivity contribution in [1.82, 2.24) is 14.9 Å². The van der Waals surface area contributed by atoms with Gasteiger partial charge in [0.2, 0.25) is 5.91 Å². The second-order valence-corrected chi connectivity index (χ2v) is 7.05. The molecule has 0 aliphatic carbocycles. The van der Waals surface area contributed by atoms with Crippen LogP contribution in [0, 0.1) is 0 Å². The Kier molecular flexibility index (Phi) is 4.83. The van der Waals surface area contributed by atoms with Gasteiger partial charge in [-0.1, -0.05) is 0 Å². The van der Waals surface area contributed by atoms with Gasteiger partial charge < -0.3 is 20.1 Å². The van der Waals surface area contributed by atoms with E-state index in [0.29, 0.717) is 24.3 Å². The molecule has 4 rings (SSSR count). The average Bonchev–Trinajstić information content (AvgIpc) is 2.70. The number of rotatable bonds is 4. The smallest absolute Gasteiger partial charge is 0.224 e. The largest absolute Gasteiger partial charge is 0.485 e. The molecule has 1 aromatic carbocycles. The molecular formula is C21H22N4O3. The summed E-state index contributed by atoms with van der Waals surface area (Å²) in [6, 6.07) is 3.99. The highest BCUT2D eigenvalue weighted by Crippen LogP contribution is 2.38. The molecule has 144 valence electrons. The fraction of sp³-hybridized carbons (Fsp3) is 0.286. The van der Waals surface area contributed by atoms with E-state index in [4.69, 9.17) is 4.74 Å². The maximum absolute atomic E-state index is 11.9. The predicted octanol–water partition coefficient (Wildman–Crippen LogP) is 2.49. The molecule has 0 saturated carbocycles. The highest BCUT2D eigenvalue weighted by atomic mass is 16.5. The number of allylic oxidation sites excluding steroid dienone is 2. The van der Waals surface area contributed by atoms with Gasteiger partial charge in [-0.05, 0) is 53.8 Å². The Morgan fingerprint density at radius 1 is 1.32 bits per heavy atom. The van der Waals surface area contributed by atoms with Crippen LogP contribution in [0.1, 0.15) is 30.2 Å². The van der Waals surface area contributed by atoms with Crippen molar-refractivity contribution in [1.29, 1.82) is 0 Å². The van der Waals surface area contributed by atoms with Crippen molar-refractivity contribution in [3.8, 4) is 5.75 Å². The molecule has 1 aromatic heterocycles. The second-order valence-electron chi connectivity index (χ2n) is 7.05. The zero-order chi connectivity index (χ0) is 19.7. The third-order valence-corrected chi connectivity index (χ3v) is 4.91. The average molecular weight is 378 g/mol. The van der Waals surface area contributed by atoms with E-state index in [1.807, 2.05) is 32.3 Å². The van der Waals surface area contributed by atoms with Crippen LogP contribution in [0.5, 0.6) is 5.75 Å². The molecule has 0 bridgehead atoms. The Hall–Kier alpha value is -3.19. The molecule has 1 atom stereocenters. The third kappa shape index (κ3) is 3.61. The summed E-state index contributed by atoms with van der Waals surface area (Å²) in [5.74, 6) is 0.590. The van der Waals surface area contributed by atoms with Crippen molar-refractivity contribution >= 4 is 17.2 Å². The Morgan fingerprint density at radius 2 is 2.18 bits per heavy atom. The Labute approximate surface area is 163 Å². The first kappa shape index (κ1) is 18.2. The summed E-state index contributed by atoms with van der Waals surface area (Å²) < 4.78 is 6.02. The van der Waals surface area contributed by atoms with E-state index in [1.54, 1.807) is 23.5 Å². The molecule has 1 unspecified atom stereocenters. The normalized spacial score (nSPS) is 18.8. The lowest BCUT2D eigenvalue weighted by molar-refractivity contribution is -0.116. The minimum absolute atomic E-state index is 0.0138. The van der Waals surface area contributed by atoms with Gasteiger partial charge in [0.1, 0.15) is 18.6 Å². The highest BCUT2D eigenvalue weighted by Gasteiger charge is 2.23. The predicted molar refractivity (Wildman–Crippen MR) is 105 cm³/mol. The fourth-order valence-corrected chi connectivity index (χ4v) is 3.43. The molecule has 2 N–H and O–H groups in total. The van der Waals surface area contributed by atoms with Gasteiger partial charge in [0, 0.05) is 32.1 Å². The fourth-order valence-electron chi connectivity index (χ4n) is 3.43. The third-order valence-electron chi connectivity index (χ3n) is 4.91. The van der Waals surface area contributed by atoms with Crippen molar-refractivity contribution in [2.75, 3.05) is 12.4 Å². The van der Waals surface area contributed by atoms with Gasteiger partial charge in [0.25, 0.3) is 0 Å². The van der Waals surface area contributed by atoms with Crippen LogP contribution in [0.4, 0.5) is 5.69 Å². The maximum atomic E-state index is 11.9. The lowest BCUT2D eigenvalue weighted by atomic mass is 9.94. The van der Waals surface area contributed by atoms with Crippen molar-refractivity contribution in [2.45, 2.75) is 32.6 Å². The molecule has 7 nitrogen and oxygen atoms in total. The number of aliphatic hydroxyl groups excluding tert-OH is 1. The van der Waals surface area contributed by atoms with Crippen LogP contribution in [-0.4, -0.2) is 39.2 Å². The van der Waals surface area contributed by atoms with Gasteiger partial charge in [-0.3, -0.25) is 14.8 Å². The summed E-state index contributed by atoms with van der Waals surface area (Å²) in [7, 11) is 1.84. The number of anilines is 1. The SMILES string of the molecule is CC1=CC(c2cc3c(c(OCc4cnccn4)c2)NC(=O)CC3)=CN(C)C1O. The summed E-state index contributed by atoms with van der Waals surface area (Å²) in [5, 5.41) is 13.1. The van der Waals surface area contributed by atoms with Crippen LogP contribution in [-0.2, 0) is 17.8 Å². The summed E-state index contributed by atoms with van der Waals surface area (Å²) >= 11 is 0. The number of aliphatic hydroxyl groups is 1. The molecule has 2 aromatic rings.